The van der Waals surface area contributed by atoms with Gasteiger partial charge in [0.15, 0.2) is 0 Å². The molecule has 0 amide bonds. The van der Waals surface area contributed by atoms with E-state index < -0.39 is 22.8 Å². The lowest BCUT2D eigenvalue weighted by molar-refractivity contribution is 0.0675. The molecule has 0 atom stereocenters. The molecule has 4 N–H and O–H groups in total. The fourth-order valence-corrected chi connectivity index (χ4v) is 3.17. The first-order valence-corrected chi connectivity index (χ1v) is 7.86. The van der Waals surface area contributed by atoms with Crippen molar-refractivity contribution in [1.82, 2.24) is 0 Å². The van der Waals surface area contributed by atoms with E-state index in [0.29, 0.717) is 24.0 Å². The number of hydrogen-bond acceptors (Lipinski definition) is 4. The number of hydrogen-bond donors (Lipinski definition) is 4. The Kier molecular flexibility index (Phi) is 6.14. The smallest absolute Gasteiger partial charge is 0.335 e. The summed E-state index contributed by atoms with van der Waals surface area (Å²) in [5.41, 5.74) is -0.616. The third kappa shape index (κ3) is 3.94. The third-order valence-corrected chi connectivity index (χ3v) is 4.49. The van der Waals surface area contributed by atoms with E-state index in [-0.39, 0.29) is 24.3 Å². The molecular formula is C18H26O6. The van der Waals surface area contributed by atoms with Crippen LogP contribution in [0.25, 0.3) is 0 Å². The standard InChI is InChI=1S/C18H26O6/c1-17(2,7-9-19)13-11(15(21)22)5-6-12(16(23)24)14(13)18(3,4)8-10-20/h5-6,19-20H,7-10H2,1-4H3,(H,21,22)(H,23,24). The minimum absolute atomic E-state index is 0.0273. The molecule has 6 heteroatoms. The molecule has 6 nitrogen and oxygen atoms in total. The minimum Gasteiger partial charge on any atom is -0.478 e. The second kappa shape index (κ2) is 7.32. The molecule has 0 saturated carbocycles. The predicted octanol–water partition coefficient (Wildman–Crippen LogP) is 2.40. The molecule has 0 aliphatic heterocycles. The van der Waals surface area contributed by atoms with E-state index in [1.807, 2.05) is 0 Å². The van der Waals surface area contributed by atoms with Crippen LogP contribution in [0.15, 0.2) is 12.1 Å². The van der Waals surface area contributed by atoms with Gasteiger partial charge in [0.05, 0.1) is 11.1 Å². The SMILES string of the molecule is CC(C)(CCO)c1c(C(=O)O)ccc(C(=O)O)c1C(C)(C)CCO. The Balaban J connectivity index is 3.94. The van der Waals surface area contributed by atoms with E-state index in [0.717, 1.165) is 0 Å². The lowest BCUT2D eigenvalue weighted by Crippen LogP contribution is -2.32. The van der Waals surface area contributed by atoms with Gasteiger partial charge in [0.2, 0.25) is 0 Å². The summed E-state index contributed by atoms with van der Waals surface area (Å²) in [5, 5.41) is 37.9. The van der Waals surface area contributed by atoms with Crippen molar-refractivity contribution in [2.45, 2.75) is 51.4 Å². The van der Waals surface area contributed by atoms with Gasteiger partial charge in [0, 0.05) is 13.2 Å². The lowest BCUT2D eigenvalue weighted by Gasteiger charge is -2.36. The average molecular weight is 338 g/mol. The molecule has 1 rings (SSSR count). The Bertz CT molecular complexity index is 576. The number of carboxylic acid groups (broad SMARTS) is 2. The molecule has 1 aromatic carbocycles. The molecule has 24 heavy (non-hydrogen) atoms. The van der Waals surface area contributed by atoms with Crippen LogP contribution in [0.1, 0.15) is 72.4 Å². The average Bonchev–Trinajstić information content (AvgIpc) is 2.45. The highest BCUT2D eigenvalue weighted by Gasteiger charge is 2.37. The maximum atomic E-state index is 11.7. The largest absolute Gasteiger partial charge is 0.478 e. The predicted molar refractivity (Wildman–Crippen MR) is 89.8 cm³/mol. The van der Waals surface area contributed by atoms with Crippen LogP contribution in [0.4, 0.5) is 0 Å². The summed E-state index contributed by atoms with van der Waals surface area (Å²) in [4.78, 5) is 23.5. The summed E-state index contributed by atoms with van der Waals surface area (Å²) in [7, 11) is 0. The van der Waals surface area contributed by atoms with Gasteiger partial charge in [-0.15, -0.1) is 0 Å². The number of benzene rings is 1. The second-order valence-corrected chi connectivity index (χ2v) is 7.24. The lowest BCUT2D eigenvalue weighted by atomic mass is 9.67. The summed E-state index contributed by atoms with van der Waals surface area (Å²) in [6.07, 6.45) is 0.580. The van der Waals surface area contributed by atoms with Crippen LogP contribution >= 0.6 is 0 Å². The summed E-state index contributed by atoms with van der Waals surface area (Å²) in [6, 6.07) is 2.61. The minimum atomic E-state index is -1.14. The number of aliphatic hydroxyl groups excluding tert-OH is 2. The normalized spacial score (nSPS) is 12.2. The molecule has 0 aromatic heterocycles. The molecule has 1 aromatic rings. The summed E-state index contributed by atoms with van der Waals surface area (Å²) < 4.78 is 0. The molecule has 134 valence electrons. The second-order valence-electron chi connectivity index (χ2n) is 7.24. The van der Waals surface area contributed by atoms with Crippen molar-refractivity contribution in [3.05, 3.63) is 34.4 Å². The Morgan fingerprint density at radius 3 is 1.29 bits per heavy atom. The molecule has 0 unspecified atom stereocenters. The van der Waals surface area contributed by atoms with Gasteiger partial charge in [-0.25, -0.2) is 9.59 Å². The number of carboxylic acids is 2. The van der Waals surface area contributed by atoms with Gasteiger partial charge in [-0.2, -0.15) is 0 Å². The zero-order chi connectivity index (χ0) is 18.7. The van der Waals surface area contributed by atoms with E-state index in [9.17, 15) is 30.0 Å². The van der Waals surface area contributed by atoms with Crippen molar-refractivity contribution < 1.29 is 30.0 Å². The quantitative estimate of drug-likeness (QED) is 0.578. The molecule has 0 spiro atoms. The van der Waals surface area contributed by atoms with Gasteiger partial charge >= 0.3 is 11.9 Å². The molecule has 0 saturated heterocycles. The molecule has 0 fully saturated rings. The van der Waals surface area contributed by atoms with Crippen LogP contribution in [0.3, 0.4) is 0 Å². The summed E-state index contributed by atoms with van der Waals surface area (Å²) in [6.45, 7) is 6.85. The summed E-state index contributed by atoms with van der Waals surface area (Å²) in [5.74, 6) is -2.29. The van der Waals surface area contributed by atoms with Gasteiger partial charge in [0.1, 0.15) is 0 Å². The van der Waals surface area contributed by atoms with Gasteiger partial charge < -0.3 is 20.4 Å². The van der Waals surface area contributed by atoms with Crippen LogP contribution in [0, 0.1) is 0 Å². The molecule has 0 heterocycles. The van der Waals surface area contributed by atoms with E-state index in [2.05, 4.69) is 0 Å². The van der Waals surface area contributed by atoms with E-state index in [1.165, 1.54) is 12.1 Å². The van der Waals surface area contributed by atoms with Gasteiger partial charge in [-0.05, 0) is 46.9 Å². The molecule has 0 aliphatic carbocycles. The number of aromatic carboxylic acids is 2. The first kappa shape index (κ1) is 20.1. The van der Waals surface area contributed by atoms with E-state index in [4.69, 9.17) is 0 Å². The Hall–Kier alpha value is -1.92. The zero-order valence-electron chi connectivity index (χ0n) is 14.6. The number of aliphatic hydroxyl groups is 2. The highest BCUT2D eigenvalue weighted by molar-refractivity contribution is 5.96. The van der Waals surface area contributed by atoms with E-state index in [1.54, 1.807) is 27.7 Å². The van der Waals surface area contributed by atoms with Crippen molar-refractivity contribution in [1.29, 1.82) is 0 Å². The third-order valence-electron chi connectivity index (χ3n) is 4.49. The number of carbonyl (C=O) groups is 2. The van der Waals surface area contributed by atoms with Crippen LogP contribution in [-0.2, 0) is 10.8 Å². The van der Waals surface area contributed by atoms with Crippen molar-refractivity contribution in [3.8, 4) is 0 Å². The Morgan fingerprint density at radius 1 is 0.792 bits per heavy atom. The van der Waals surface area contributed by atoms with Gasteiger partial charge in [-0.1, -0.05) is 27.7 Å². The topological polar surface area (TPSA) is 115 Å². The first-order chi connectivity index (χ1) is 11.0. The van der Waals surface area contributed by atoms with Crippen LogP contribution in [0.2, 0.25) is 0 Å². The zero-order valence-corrected chi connectivity index (χ0v) is 14.6. The van der Waals surface area contributed by atoms with Gasteiger partial charge in [0.25, 0.3) is 0 Å². The van der Waals surface area contributed by atoms with Gasteiger partial charge in [-0.3, -0.25) is 0 Å². The Morgan fingerprint density at radius 2 is 1.08 bits per heavy atom. The maximum absolute atomic E-state index is 11.7. The van der Waals surface area contributed by atoms with Crippen LogP contribution in [0.5, 0.6) is 0 Å². The van der Waals surface area contributed by atoms with Crippen molar-refractivity contribution in [2.24, 2.45) is 0 Å². The Labute approximate surface area is 141 Å². The highest BCUT2D eigenvalue weighted by Crippen LogP contribution is 2.41. The van der Waals surface area contributed by atoms with Crippen LogP contribution < -0.4 is 0 Å². The fourth-order valence-electron chi connectivity index (χ4n) is 3.17. The monoisotopic (exact) mass is 338 g/mol. The number of rotatable bonds is 8. The fraction of sp³-hybridized carbons (Fsp3) is 0.556. The maximum Gasteiger partial charge on any atom is 0.335 e. The molecule has 0 radical (unpaired) electrons. The van der Waals surface area contributed by atoms with E-state index >= 15 is 0 Å². The molecule has 0 bridgehead atoms. The highest BCUT2D eigenvalue weighted by atomic mass is 16.4. The van der Waals surface area contributed by atoms with Crippen LogP contribution in [-0.4, -0.2) is 45.6 Å². The van der Waals surface area contributed by atoms with Crippen molar-refractivity contribution >= 4 is 11.9 Å². The molecular weight excluding hydrogens is 312 g/mol. The molecule has 0 aliphatic rings. The van der Waals surface area contributed by atoms with Crippen molar-refractivity contribution in [2.75, 3.05) is 13.2 Å². The first-order valence-electron chi connectivity index (χ1n) is 7.86. The summed E-state index contributed by atoms with van der Waals surface area (Å²) >= 11 is 0. The van der Waals surface area contributed by atoms with Crippen molar-refractivity contribution in [3.63, 3.8) is 0 Å².